The normalized spacial score (nSPS) is 14.5. The number of aliphatic imine (C=N–C) groups is 1. The van der Waals surface area contributed by atoms with E-state index in [9.17, 15) is 8.78 Å². The molecule has 1 aromatic heterocycles. The molecule has 0 spiro atoms. The van der Waals surface area contributed by atoms with Crippen LogP contribution in [0, 0.1) is 6.92 Å². The molecule has 0 amide bonds. The van der Waals surface area contributed by atoms with Crippen molar-refractivity contribution in [1.29, 1.82) is 0 Å². The number of nitrogens with zero attached hydrogens (tertiary/aromatic N) is 4. The zero-order valence-corrected chi connectivity index (χ0v) is 19.2. The Morgan fingerprint density at radius 3 is 2.68 bits per heavy atom. The van der Waals surface area contributed by atoms with Gasteiger partial charge in [-0.1, -0.05) is 24.3 Å². The van der Waals surface area contributed by atoms with Gasteiger partial charge in [0.2, 0.25) is 0 Å². The quantitative estimate of drug-likeness (QED) is 0.402. The summed E-state index contributed by atoms with van der Waals surface area (Å²) in [6.07, 6.45) is -2.57. The lowest BCUT2D eigenvalue weighted by Crippen LogP contribution is -2.36. The molecule has 2 N–H and O–H groups in total. The van der Waals surface area contributed by atoms with Crippen molar-refractivity contribution >= 4 is 17.2 Å². The maximum Gasteiger partial charge on any atom is 0.263 e. The van der Waals surface area contributed by atoms with Crippen LogP contribution in [0.2, 0.25) is 0 Å². The molecule has 2 heterocycles. The molecule has 0 aliphatic carbocycles. The Morgan fingerprint density at radius 2 is 1.94 bits per heavy atom. The Morgan fingerprint density at radius 1 is 1.15 bits per heavy atom. The van der Waals surface area contributed by atoms with Gasteiger partial charge in [0.25, 0.3) is 12.3 Å². The second-order valence-electron chi connectivity index (χ2n) is 7.87. The van der Waals surface area contributed by atoms with Crippen molar-refractivity contribution in [2.45, 2.75) is 20.3 Å². The van der Waals surface area contributed by atoms with Crippen LogP contribution in [0.1, 0.15) is 30.0 Å². The molecule has 0 saturated carbocycles. The number of alkyl halides is 2. The van der Waals surface area contributed by atoms with Crippen molar-refractivity contribution in [1.82, 2.24) is 10.2 Å². The molecule has 0 bridgehead atoms. The van der Waals surface area contributed by atoms with Gasteiger partial charge in [-0.25, -0.2) is 13.8 Å². The van der Waals surface area contributed by atoms with Crippen LogP contribution in [0.4, 0.5) is 20.2 Å². The van der Waals surface area contributed by atoms with Crippen molar-refractivity contribution in [2.75, 3.05) is 37.8 Å². The summed E-state index contributed by atoms with van der Waals surface area (Å²) >= 11 is 0. The van der Waals surface area contributed by atoms with Crippen LogP contribution in [0.5, 0.6) is 5.88 Å². The SMILES string of the molecule is CCOc1nnc(-c2cc(N=C(N)c3cccc(C(F)F)c3)ccc2C)cc1N1CCOCC1. The monoisotopic (exact) mass is 467 g/mol. The molecular weight excluding hydrogens is 440 g/mol. The van der Waals surface area contributed by atoms with Gasteiger partial charge in [0, 0.05) is 29.8 Å². The zero-order valence-electron chi connectivity index (χ0n) is 19.2. The number of hydrogen-bond donors (Lipinski definition) is 1. The van der Waals surface area contributed by atoms with Gasteiger partial charge in [-0.2, -0.15) is 0 Å². The Balaban J connectivity index is 1.69. The minimum atomic E-state index is -2.57. The number of anilines is 1. The molecular formula is C25H27F2N5O2. The van der Waals surface area contributed by atoms with Crippen LogP contribution in [0.25, 0.3) is 11.3 Å². The van der Waals surface area contributed by atoms with Crippen molar-refractivity contribution in [2.24, 2.45) is 10.7 Å². The van der Waals surface area contributed by atoms with E-state index in [4.69, 9.17) is 15.2 Å². The maximum atomic E-state index is 13.1. The van der Waals surface area contributed by atoms with E-state index in [0.717, 1.165) is 29.9 Å². The summed E-state index contributed by atoms with van der Waals surface area (Å²) in [7, 11) is 0. The van der Waals surface area contributed by atoms with E-state index in [0.29, 0.717) is 42.6 Å². The molecule has 0 atom stereocenters. The van der Waals surface area contributed by atoms with Gasteiger partial charge < -0.3 is 20.1 Å². The first kappa shape index (κ1) is 23.6. The standard InChI is InChI=1S/C25H27F2N5O2/c1-3-34-25-22(32-9-11-33-12-10-32)15-21(30-31-25)20-14-19(8-7-16(20)2)29-24(28)18-6-4-5-17(13-18)23(26)27/h4-8,13-15,23H,3,9-12H2,1-2H3,(H2,28,29). The summed E-state index contributed by atoms with van der Waals surface area (Å²) in [4.78, 5) is 6.64. The molecule has 2 aromatic carbocycles. The van der Waals surface area contributed by atoms with Crippen molar-refractivity contribution in [3.63, 3.8) is 0 Å². The van der Waals surface area contributed by atoms with E-state index in [1.165, 1.54) is 12.1 Å². The molecule has 1 saturated heterocycles. The van der Waals surface area contributed by atoms with Gasteiger partial charge in [-0.3, -0.25) is 0 Å². The second-order valence-corrected chi connectivity index (χ2v) is 7.87. The highest BCUT2D eigenvalue weighted by atomic mass is 19.3. The van der Waals surface area contributed by atoms with Crippen molar-refractivity contribution < 1.29 is 18.3 Å². The van der Waals surface area contributed by atoms with E-state index in [-0.39, 0.29) is 11.4 Å². The van der Waals surface area contributed by atoms with E-state index in [2.05, 4.69) is 20.1 Å². The van der Waals surface area contributed by atoms with Crippen LogP contribution in [0.3, 0.4) is 0 Å². The summed E-state index contributed by atoms with van der Waals surface area (Å²) in [6, 6.07) is 13.5. The summed E-state index contributed by atoms with van der Waals surface area (Å²) in [5.41, 5.74) is 10.5. The highest BCUT2D eigenvalue weighted by Crippen LogP contribution is 2.33. The molecule has 1 aliphatic heterocycles. The molecule has 0 radical (unpaired) electrons. The first-order chi connectivity index (χ1) is 16.5. The lowest BCUT2D eigenvalue weighted by molar-refractivity contribution is 0.122. The number of aryl methyl sites for hydroxylation is 1. The van der Waals surface area contributed by atoms with Crippen LogP contribution in [-0.2, 0) is 4.74 Å². The van der Waals surface area contributed by atoms with E-state index in [1.54, 1.807) is 12.1 Å². The van der Waals surface area contributed by atoms with E-state index in [1.807, 2.05) is 38.1 Å². The number of rotatable bonds is 7. The largest absolute Gasteiger partial charge is 0.475 e. The van der Waals surface area contributed by atoms with Crippen LogP contribution >= 0.6 is 0 Å². The van der Waals surface area contributed by atoms with E-state index < -0.39 is 6.43 Å². The van der Waals surface area contributed by atoms with Crippen LogP contribution in [-0.4, -0.2) is 48.9 Å². The summed E-state index contributed by atoms with van der Waals surface area (Å²) < 4.78 is 37.3. The lowest BCUT2D eigenvalue weighted by Gasteiger charge is -2.29. The molecule has 178 valence electrons. The lowest BCUT2D eigenvalue weighted by atomic mass is 10.0. The van der Waals surface area contributed by atoms with Gasteiger partial charge in [-0.05, 0) is 43.7 Å². The topological polar surface area (TPSA) is 85.9 Å². The smallest absolute Gasteiger partial charge is 0.263 e. The van der Waals surface area contributed by atoms with Crippen molar-refractivity contribution in [3.8, 4) is 17.1 Å². The zero-order chi connectivity index (χ0) is 24.1. The minimum Gasteiger partial charge on any atom is -0.475 e. The molecule has 7 nitrogen and oxygen atoms in total. The number of ether oxygens (including phenoxy) is 2. The number of benzene rings is 2. The average Bonchev–Trinajstić information content (AvgIpc) is 2.86. The van der Waals surface area contributed by atoms with Gasteiger partial charge in [-0.15, -0.1) is 10.2 Å². The number of amidine groups is 1. The molecule has 0 unspecified atom stereocenters. The van der Waals surface area contributed by atoms with Gasteiger partial charge in [0.1, 0.15) is 11.5 Å². The first-order valence-electron chi connectivity index (χ1n) is 11.1. The fourth-order valence-corrected chi connectivity index (χ4v) is 3.77. The maximum absolute atomic E-state index is 13.1. The molecule has 9 heteroatoms. The molecule has 1 aliphatic rings. The highest BCUT2D eigenvalue weighted by Gasteiger charge is 2.19. The molecule has 4 rings (SSSR count). The van der Waals surface area contributed by atoms with Gasteiger partial charge in [0.05, 0.1) is 31.2 Å². The fourth-order valence-electron chi connectivity index (χ4n) is 3.77. The van der Waals surface area contributed by atoms with Crippen LogP contribution in [0.15, 0.2) is 53.5 Å². The number of morpholine rings is 1. The van der Waals surface area contributed by atoms with Gasteiger partial charge >= 0.3 is 0 Å². The Bertz CT molecular complexity index is 1180. The summed E-state index contributed by atoms with van der Waals surface area (Å²) in [5, 5.41) is 8.74. The second kappa shape index (κ2) is 10.6. The minimum absolute atomic E-state index is 0.0967. The molecule has 3 aromatic rings. The highest BCUT2D eigenvalue weighted by molar-refractivity contribution is 5.99. The third-order valence-corrected chi connectivity index (χ3v) is 5.55. The molecule has 1 fully saturated rings. The molecule has 34 heavy (non-hydrogen) atoms. The fraction of sp³-hybridized carbons (Fsp3) is 0.320. The van der Waals surface area contributed by atoms with Crippen LogP contribution < -0.4 is 15.4 Å². The van der Waals surface area contributed by atoms with Gasteiger partial charge in [0.15, 0.2) is 0 Å². The predicted molar refractivity (Wildman–Crippen MR) is 128 cm³/mol. The third kappa shape index (κ3) is 5.31. The van der Waals surface area contributed by atoms with E-state index >= 15 is 0 Å². The summed E-state index contributed by atoms with van der Waals surface area (Å²) in [6.45, 7) is 7.12. The first-order valence-corrected chi connectivity index (χ1v) is 11.1. The Hall–Kier alpha value is -3.59. The third-order valence-electron chi connectivity index (χ3n) is 5.55. The summed E-state index contributed by atoms with van der Waals surface area (Å²) in [5.74, 6) is 0.646. The Kier molecular flexibility index (Phi) is 7.32. The number of halogens is 2. The average molecular weight is 468 g/mol. The van der Waals surface area contributed by atoms with Crippen molar-refractivity contribution in [3.05, 3.63) is 65.2 Å². The number of nitrogens with two attached hydrogens (primary N) is 1. The predicted octanol–water partition coefficient (Wildman–Crippen LogP) is 4.66. The number of aromatic nitrogens is 2. The number of hydrogen-bond acceptors (Lipinski definition) is 6. The Labute approximate surface area is 197 Å².